The standard InChI is InChI=1S/C14H26ClN3O/c1-10(2)12(9-16-6-7-19-5)8-13-14(15)11(3)17-18(13)4/h10,12,16H,6-9H2,1-5H3. The zero-order chi connectivity index (χ0) is 14.4. The molecule has 0 fully saturated rings. The van der Waals surface area contributed by atoms with E-state index in [-0.39, 0.29) is 0 Å². The van der Waals surface area contributed by atoms with Crippen molar-refractivity contribution < 1.29 is 4.74 Å². The van der Waals surface area contributed by atoms with Gasteiger partial charge in [-0.2, -0.15) is 5.10 Å². The van der Waals surface area contributed by atoms with Crippen LogP contribution in [-0.4, -0.2) is 36.6 Å². The van der Waals surface area contributed by atoms with E-state index in [4.69, 9.17) is 16.3 Å². The lowest BCUT2D eigenvalue weighted by atomic mass is 9.91. The molecule has 0 amide bonds. The number of nitrogens with zero attached hydrogens (tertiary/aromatic N) is 2. The van der Waals surface area contributed by atoms with E-state index in [9.17, 15) is 0 Å². The maximum Gasteiger partial charge on any atom is 0.0847 e. The SMILES string of the molecule is COCCNCC(Cc1c(Cl)c(C)nn1C)C(C)C. The molecule has 19 heavy (non-hydrogen) atoms. The van der Waals surface area contributed by atoms with Crippen molar-refractivity contribution in [1.29, 1.82) is 0 Å². The second-order valence-corrected chi connectivity index (χ2v) is 5.75. The van der Waals surface area contributed by atoms with Crippen molar-refractivity contribution in [3.8, 4) is 0 Å². The highest BCUT2D eigenvalue weighted by Gasteiger charge is 2.19. The van der Waals surface area contributed by atoms with Crippen LogP contribution in [0.2, 0.25) is 5.02 Å². The number of halogens is 1. The van der Waals surface area contributed by atoms with Gasteiger partial charge in [0.05, 0.1) is 23.0 Å². The summed E-state index contributed by atoms with van der Waals surface area (Å²) in [6.07, 6.45) is 0.952. The van der Waals surface area contributed by atoms with Crippen LogP contribution in [0, 0.1) is 18.8 Å². The number of aromatic nitrogens is 2. The van der Waals surface area contributed by atoms with Crippen molar-refractivity contribution in [2.45, 2.75) is 27.2 Å². The van der Waals surface area contributed by atoms with Crippen LogP contribution in [0.15, 0.2) is 0 Å². The van der Waals surface area contributed by atoms with Crippen molar-refractivity contribution in [3.05, 3.63) is 16.4 Å². The summed E-state index contributed by atoms with van der Waals surface area (Å²) < 4.78 is 6.95. The first-order chi connectivity index (χ1) is 8.97. The van der Waals surface area contributed by atoms with Gasteiger partial charge in [0.1, 0.15) is 0 Å². The van der Waals surface area contributed by atoms with Gasteiger partial charge in [0, 0.05) is 20.7 Å². The monoisotopic (exact) mass is 287 g/mol. The van der Waals surface area contributed by atoms with Crippen LogP contribution in [0.25, 0.3) is 0 Å². The van der Waals surface area contributed by atoms with Crippen molar-refractivity contribution in [1.82, 2.24) is 15.1 Å². The van der Waals surface area contributed by atoms with Crippen LogP contribution in [0.3, 0.4) is 0 Å². The minimum absolute atomic E-state index is 0.546. The van der Waals surface area contributed by atoms with Gasteiger partial charge >= 0.3 is 0 Å². The van der Waals surface area contributed by atoms with Gasteiger partial charge in [0.15, 0.2) is 0 Å². The zero-order valence-corrected chi connectivity index (χ0v) is 13.4. The largest absolute Gasteiger partial charge is 0.383 e. The summed E-state index contributed by atoms with van der Waals surface area (Å²) in [5.41, 5.74) is 2.04. The molecule has 5 heteroatoms. The molecule has 1 heterocycles. The Bertz CT molecular complexity index is 390. The van der Waals surface area contributed by atoms with Gasteiger partial charge in [-0.3, -0.25) is 4.68 Å². The average molecular weight is 288 g/mol. The van der Waals surface area contributed by atoms with Gasteiger partial charge in [-0.15, -0.1) is 0 Å². The highest BCUT2D eigenvalue weighted by molar-refractivity contribution is 6.31. The van der Waals surface area contributed by atoms with Crippen LogP contribution >= 0.6 is 11.6 Å². The number of aryl methyl sites for hydroxylation is 2. The van der Waals surface area contributed by atoms with Crippen LogP contribution in [-0.2, 0) is 18.2 Å². The first kappa shape index (κ1) is 16.5. The van der Waals surface area contributed by atoms with E-state index in [0.717, 1.165) is 42.5 Å². The number of rotatable bonds is 8. The lowest BCUT2D eigenvalue weighted by Crippen LogP contribution is -2.30. The molecule has 0 aliphatic carbocycles. The fourth-order valence-electron chi connectivity index (χ4n) is 2.16. The summed E-state index contributed by atoms with van der Waals surface area (Å²) >= 11 is 6.32. The summed E-state index contributed by atoms with van der Waals surface area (Å²) in [4.78, 5) is 0. The molecular formula is C14H26ClN3O. The third kappa shape index (κ3) is 4.79. The van der Waals surface area contributed by atoms with Gasteiger partial charge in [-0.25, -0.2) is 0 Å². The van der Waals surface area contributed by atoms with Crippen LogP contribution in [0.1, 0.15) is 25.2 Å². The number of hydrogen-bond donors (Lipinski definition) is 1. The smallest absolute Gasteiger partial charge is 0.0847 e. The molecule has 4 nitrogen and oxygen atoms in total. The normalized spacial score (nSPS) is 13.2. The third-order valence-corrected chi connectivity index (χ3v) is 4.04. The van der Waals surface area contributed by atoms with Crippen LogP contribution in [0.5, 0.6) is 0 Å². The fraction of sp³-hybridized carbons (Fsp3) is 0.786. The molecule has 0 bridgehead atoms. The number of methoxy groups -OCH3 is 1. The summed E-state index contributed by atoms with van der Waals surface area (Å²) in [6, 6.07) is 0. The highest BCUT2D eigenvalue weighted by atomic mass is 35.5. The topological polar surface area (TPSA) is 39.1 Å². The first-order valence-corrected chi connectivity index (χ1v) is 7.22. The summed E-state index contributed by atoms with van der Waals surface area (Å²) in [6.45, 7) is 9.06. The Kier molecular flexibility index (Phi) is 6.83. The van der Waals surface area contributed by atoms with E-state index in [1.165, 1.54) is 0 Å². The van der Waals surface area contributed by atoms with E-state index >= 15 is 0 Å². The Morgan fingerprint density at radius 1 is 1.42 bits per heavy atom. The maximum absolute atomic E-state index is 6.32. The molecule has 0 aliphatic heterocycles. The summed E-state index contributed by atoms with van der Waals surface area (Å²) in [5, 5.41) is 8.62. The maximum atomic E-state index is 6.32. The van der Waals surface area contributed by atoms with E-state index in [0.29, 0.717) is 11.8 Å². The molecule has 110 valence electrons. The van der Waals surface area contributed by atoms with Crippen LogP contribution in [0.4, 0.5) is 0 Å². The second-order valence-electron chi connectivity index (χ2n) is 5.37. The molecule has 1 atom stereocenters. The molecule has 1 aromatic rings. The van der Waals surface area contributed by atoms with Gasteiger partial charge < -0.3 is 10.1 Å². The van der Waals surface area contributed by atoms with E-state index in [1.807, 2.05) is 18.7 Å². The predicted octanol–water partition coefficient (Wildman–Crippen LogP) is 2.43. The molecular weight excluding hydrogens is 262 g/mol. The van der Waals surface area contributed by atoms with E-state index in [1.54, 1.807) is 7.11 Å². The van der Waals surface area contributed by atoms with E-state index in [2.05, 4.69) is 24.3 Å². The first-order valence-electron chi connectivity index (χ1n) is 6.85. The minimum atomic E-state index is 0.546. The Morgan fingerprint density at radius 3 is 2.58 bits per heavy atom. The average Bonchev–Trinajstić information content (AvgIpc) is 2.58. The molecule has 0 saturated carbocycles. The number of nitrogens with one attached hydrogen (secondary N) is 1. The van der Waals surface area contributed by atoms with Crippen molar-refractivity contribution in [2.75, 3.05) is 26.8 Å². The Balaban J connectivity index is 2.62. The minimum Gasteiger partial charge on any atom is -0.383 e. The van der Waals surface area contributed by atoms with Crippen molar-refractivity contribution in [2.24, 2.45) is 18.9 Å². The van der Waals surface area contributed by atoms with Gasteiger partial charge in [-0.1, -0.05) is 25.4 Å². The third-order valence-electron chi connectivity index (χ3n) is 3.55. The highest BCUT2D eigenvalue weighted by Crippen LogP contribution is 2.24. The summed E-state index contributed by atoms with van der Waals surface area (Å²) in [5.74, 6) is 1.14. The molecule has 0 aromatic carbocycles. The lowest BCUT2D eigenvalue weighted by molar-refractivity contribution is 0.196. The molecule has 1 aromatic heterocycles. The van der Waals surface area contributed by atoms with Gasteiger partial charge in [0.2, 0.25) is 0 Å². The molecule has 0 radical (unpaired) electrons. The number of hydrogen-bond acceptors (Lipinski definition) is 3. The molecule has 1 unspecified atom stereocenters. The second kappa shape index (κ2) is 7.88. The van der Waals surface area contributed by atoms with Crippen molar-refractivity contribution >= 4 is 11.6 Å². The zero-order valence-electron chi connectivity index (χ0n) is 12.7. The quantitative estimate of drug-likeness (QED) is 0.747. The van der Waals surface area contributed by atoms with Crippen LogP contribution < -0.4 is 5.32 Å². The lowest BCUT2D eigenvalue weighted by Gasteiger charge is -2.21. The number of ether oxygens (including phenoxy) is 1. The van der Waals surface area contributed by atoms with Gasteiger partial charge in [-0.05, 0) is 31.7 Å². The summed E-state index contributed by atoms with van der Waals surface area (Å²) in [7, 11) is 3.68. The Labute approximate surface area is 121 Å². The van der Waals surface area contributed by atoms with Crippen molar-refractivity contribution in [3.63, 3.8) is 0 Å². The van der Waals surface area contributed by atoms with E-state index < -0.39 is 0 Å². The molecule has 1 rings (SSSR count). The molecule has 0 saturated heterocycles. The molecule has 1 N–H and O–H groups in total. The predicted molar refractivity (Wildman–Crippen MR) is 79.7 cm³/mol. The molecule has 0 aliphatic rings. The Hall–Kier alpha value is -0.580. The Morgan fingerprint density at radius 2 is 2.11 bits per heavy atom. The molecule has 0 spiro atoms. The fourth-order valence-corrected chi connectivity index (χ4v) is 2.39. The van der Waals surface area contributed by atoms with Gasteiger partial charge in [0.25, 0.3) is 0 Å².